The third-order valence-corrected chi connectivity index (χ3v) is 5.88. The lowest BCUT2D eigenvalue weighted by atomic mass is 9.82. The number of likely N-dealkylation sites (tertiary alicyclic amines) is 1. The molecule has 0 spiro atoms. The molecule has 1 N–H and O–H groups in total. The maximum Gasteiger partial charge on any atom is 0.224 e. The van der Waals surface area contributed by atoms with Gasteiger partial charge in [-0.15, -0.1) is 11.3 Å². The predicted molar refractivity (Wildman–Crippen MR) is 84.5 cm³/mol. The maximum atomic E-state index is 12.6. The van der Waals surface area contributed by atoms with Crippen molar-refractivity contribution in [1.82, 2.24) is 15.2 Å². The number of fused-ring (bicyclic) bond motifs is 1. The van der Waals surface area contributed by atoms with Crippen molar-refractivity contribution in [3.63, 3.8) is 0 Å². The van der Waals surface area contributed by atoms with Crippen molar-refractivity contribution in [3.8, 4) is 0 Å². The summed E-state index contributed by atoms with van der Waals surface area (Å²) in [6.07, 6.45) is 5.63. The Morgan fingerprint density at radius 3 is 3.09 bits per heavy atom. The molecule has 0 bridgehead atoms. The highest BCUT2D eigenvalue weighted by Crippen LogP contribution is 2.35. The van der Waals surface area contributed by atoms with Gasteiger partial charge < -0.3 is 10.1 Å². The van der Waals surface area contributed by atoms with Crippen molar-refractivity contribution in [3.05, 3.63) is 16.6 Å². The lowest BCUT2D eigenvalue weighted by Gasteiger charge is -2.39. The molecule has 6 heteroatoms. The molecule has 1 aromatic heterocycles. The molecule has 0 unspecified atom stereocenters. The minimum atomic E-state index is 0.0694. The van der Waals surface area contributed by atoms with Crippen LogP contribution in [0.1, 0.15) is 24.3 Å². The Balaban J connectivity index is 1.41. The third-order valence-electron chi connectivity index (χ3n) is 5.11. The number of hydrogen-bond acceptors (Lipinski definition) is 5. The summed E-state index contributed by atoms with van der Waals surface area (Å²) in [6.45, 7) is 4.25. The van der Waals surface area contributed by atoms with Crippen LogP contribution in [0.25, 0.3) is 0 Å². The number of hydrogen-bond donors (Lipinski definition) is 1. The van der Waals surface area contributed by atoms with Crippen molar-refractivity contribution < 1.29 is 9.53 Å². The van der Waals surface area contributed by atoms with Gasteiger partial charge >= 0.3 is 0 Å². The molecular formula is C16H23N3O2S. The third kappa shape index (κ3) is 3.19. The molecule has 120 valence electrons. The van der Waals surface area contributed by atoms with Gasteiger partial charge in [0.15, 0.2) is 0 Å². The summed E-state index contributed by atoms with van der Waals surface area (Å²) >= 11 is 1.68. The molecule has 1 aromatic rings. The smallest absolute Gasteiger partial charge is 0.224 e. The van der Waals surface area contributed by atoms with Gasteiger partial charge in [0.2, 0.25) is 5.91 Å². The number of rotatable bonds is 5. The Bertz CT molecular complexity index is 517. The van der Waals surface area contributed by atoms with Crippen LogP contribution in [0.5, 0.6) is 0 Å². The van der Waals surface area contributed by atoms with Gasteiger partial charge in [0.25, 0.3) is 0 Å². The number of carbonyl (C=O) groups is 1. The molecule has 2 saturated heterocycles. The van der Waals surface area contributed by atoms with E-state index in [0.29, 0.717) is 5.92 Å². The van der Waals surface area contributed by atoms with E-state index in [1.165, 1.54) is 12.8 Å². The molecule has 3 atom stereocenters. The van der Waals surface area contributed by atoms with Gasteiger partial charge in [-0.05, 0) is 25.2 Å². The Labute approximate surface area is 135 Å². The van der Waals surface area contributed by atoms with Crippen LogP contribution in [-0.2, 0) is 16.1 Å². The fourth-order valence-corrected chi connectivity index (χ4v) is 4.34. The predicted octanol–water partition coefficient (Wildman–Crippen LogP) is 1.51. The maximum absolute atomic E-state index is 12.6. The molecule has 0 aromatic carbocycles. The van der Waals surface area contributed by atoms with Crippen molar-refractivity contribution in [1.29, 1.82) is 0 Å². The van der Waals surface area contributed by atoms with Crippen LogP contribution >= 0.6 is 11.3 Å². The van der Waals surface area contributed by atoms with Crippen LogP contribution in [0.2, 0.25) is 0 Å². The van der Waals surface area contributed by atoms with Crippen LogP contribution in [-0.4, -0.2) is 48.1 Å². The monoisotopic (exact) mass is 321 g/mol. The van der Waals surface area contributed by atoms with E-state index < -0.39 is 0 Å². The second-order valence-electron chi connectivity index (χ2n) is 6.78. The van der Waals surface area contributed by atoms with Gasteiger partial charge in [0, 0.05) is 43.7 Å². The normalized spacial score (nSPS) is 31.9. The van der Waals surface area contributed by atoms with Gasteiger partial charge in [-0.3, -0.25) is 9.69 Å². The van der Waals surface area contributed by atoms with E-state index >= 15 is 0 Å². The van der Waals surface area contributed by atoms with Crippen LogP contribution in [0.4, 0.5) is 0 Å². The minimum absolute atomic E-state index is 0.0694. The summed E-state index contributed by atoms with van der Waals surface area (Å²) in [5.41, 5.74) is 0. The number of piperidine rings is 1. The van der Waals surface area contributed by atoms with E-state index in [1.807, 2.05) is 11.6 Å². The van der Waals surface area contributed by atoms with Gasteiger partial charge in [0.1, 0.15) is 5.01 Å². The molecule has 5 nitrogen and oxygen atoms in total. The number of nitrogens with one attached hydrogen (secondary N) is 1. The number of carbonyl (C=O) groups excluding carboxylic acids is 1. The van der Waals surface area contributed by atoms with Crippen LogP contribution in [0.3, 0.4) is 0 Å². The van der Waals surface area contributed by atoms with Gasteiger partial charge in [0.05, 0.1) is 18.6 Å². The molecule has 3 heterocycles. The standard InChI is InChI=1S/C16H23N3O2S/c20-16(18-7-11-1-2-11)13-8-19(10-15-17-4-6-22-15)9-14-12(13)3-5-21-14/h4,6,11-14H,1-3,5,7-10H2,(H,18,20)/t12-,13-,14+/m1/s1. The van der Waals surface area contributed by atoms with Gasteiger partial charge in [-0.25, -0.2) is 4.98 Å². The zero-order chi connectivity index (χ0) is 14.9. The molecule has 22 heavy (non-hydrogen) atoms. The number of ether oxygens (including phenoxy) is 1. The van der Waals surface area contributed by atoms with E-state index in [4.69, 9.17) is 4.74 Å². The summed E-state index contributed by atoms with van der Waals surface area (Å²) in [5.74, 6) is 1.43. The molecule has 3 fully saturated rings. The average molecular weight is 321 g/mol. The first kappa shape index (κ1) is 14.6. The first-order valence-corrected chi connectivity index (χ1v) is 9.17. The van der Waals surface area contributed by atoms with Crippen molar-refractivity contribution in [2.75, 3.05) is 26.2 Å². The molecule has 1 saturated carbocycles. The highest BCUT2D eigenvalue weighted by molar-refractivity contribution is 7.09. The fraction of sp³-hybridized carbons (Fsp3) is 0.750. The molecule has 1 aliphatic carbocycles. The molecule has 4 rings (SSSR count). The summed E-state index contributed by atoms with van der Waals surface area (Å²) in [6, 6.07) is 0. The Morgan fingerprint density at radius 1 is 1.41 bits per heavy atom. The lowest BCUT2D eigenvalue weighted by Crippen LogP contribution is -2.52. The van der Waals surface area contributed by atoms with Crippen LogP contribution in [0.15, 0.2) is 11.6 Å². The Hall–Kier alpha value is -0.980. The lowest BCUT2D eigenvalue weighted by molar-refractivity contribution is -0.131. The van der Waals surface area contributed by atoms with E-state index in [1.54, 1.807) is 11.3 Å². The highest BCUT2D eigenvalue weighted by Gasteiger charge is 2.44. The first-order valence-electron chi connectivity index (χ1n) is 8.29. The Morgan fingerprint density at radius 2 is 2.32 bits per heavy atom. The molecular weight excluding hydrogens is 298 g/mol. The molecule has 2 aliphatic heterocycles. The quantitative estimate of drug-likeness (QED) is 0.893. The Kier molecular flexibility index (Phi) is 4.15. The number of aromatic nitrogens is 1. The van der Waals surface area contributed by atoms with E-state index in [9.17, 15) is 4.79 Å². The topological polar surface area (TPSA) is 54.5 Å². The van der Waals surface area contributed by atoms with E-state index in [-0.39, 0.29) is 17.9 Å². The number of nitrogens with zero attached hydrogens (tertiary/aromatic N) is 2. The summed E-state index contributed by atoms with van der Waals surface area (Å²) in [5, 5.41) is 6.30. The second-order valence-corrected chi connectivity index (χ2v) is 7.76. The number of amides is 1. The SMILES string of the molecule is O=C(NCC1CC1)[C@@H]1CN(Cc2nccs2)C[C@@H]2OCC[C@@H]21. The average Bonchev–Trinajstić information content (AvgIpc) is 2.98. The summed E-state index contributed by atoms with van der Waals surface area (Å²) < 4.78 is 5.89. The largest absolute Gasteiger partial charge is 0.377 e. The highest BCUT2D eigenvalue weighted by atomic mass is 32.1. The molecule has 1 amide bonds. The van der Waals surface area contributed by atoms with E-state index in [2.05, 4.69) is 15.2 Å². The summed E-state index contributed by atoms with van der Waals surface area (Å²) in [4.78, 5) is 19.3. The fourth-order valence-electron chi connectivity index (χ4n) is 3.68. The van der Waals surface area contributed by atoms with E-state index in [0.717, 1.165) is 50.1 Å². The first-order chi connectivity index (χ1) is 10.8. The molecule has 0 radical (unpaired) electrons. The van der Waals surface area contributed by atoms with Crippen LogP contribution < -0.4 is 5.32 Å². The van der Waals surface area contributed by atoms with Crippen molar-refractivity contribution >= 4 is 17.2 Å². The zero-order valence-electron chi connectivity index (χ0n) is 12.7. The molecule has 3 aliphatic rings. The summed E-state index contributed by atoms with van der Waals surface area (Å²) in [7, 11) is 0. The number of thiazole rings is 1. The van der Waals surface area contributed by atoms with Gasteiger partial charge in [-0.2, -0.15) is 0 Å². The zero-order valence-corrected chi connectivity index (χ0v) is 13.6. The van der Waals surface area contributed by atoms with Crippen molar-refractivity contribution in [2.45, 2.75) is 31.9 Å². The second kappa shape index (κ2) is 6.26. The van der Waals surface area contributed by atoms with Gasteiger partial charge in [-0.1, -0.05) is 0 Å². The minimum Gasteiger partial charge on any atom is -0.377 e. The van der Waals surface area contributed by atoms with Crippen LogP contribution in [0, 0.1) is 17.8 Å². The van der Waals surface area contributed by atoms with Crippen molar-refractivity contribution in [2.24, 2.45) is 17.8 Å².